The molecule has 1 atom stereocenters. The molecule has 0 saturated carbocycles. The maximum absolute atomic E-state index is 12.9. The minimum Gasteiger partial charge on any atom is -0.351 e. The molecule has 2 aromatic carbocycles. The van der Waals surface area contributed by atoms with Crippen LogP contribution in [0.15, 0.2) is 54.6 Å². The van der Waals surface area contributed by atoms with Crippen molar-refractivity contribution in [2.45, 2.75) is 45.2 Å². The summed E-state index contributed by atoms with van der Waals surface area (Å²) in [6, 6.07) is 18.3. The van der Waals surface area contributed by atoms with Crippen molar-refractivity contribution in [3.8, 4) is 0 Å². The van der Waals surface area contributed by atoms with Crippen molar-refractivity contribution in [2.24, 2.45) is 5.92 Å². The van der Waals surface area contributed by atoms with Crippen LogP contribution in [0.3, 0.4) is 0 Å². The first-order valence-electron chi connectivity index (χ1n) is 9.75. The smallest absolute Gasteiger partial charge is 0.224 e. The summed E-state index contributed by atoms with van der Waals surface area (Å²) >= 11 is 6.30. The second-order valence-corrected chi connectivity index (χ2v) is 8.61. The number of piperidine rings is 1. The number of nitrogens with one attached hydrogen (secondary N) is 1. The summed E-state index contributed by atoms with van der Waals surface area (Å²) < 4.78 is 0. The van der Waals surface area contributed by atoms with E-state index in [0.717, 1.165) is 49.5 Å². The Labute approximate surface area is 167 Å². The van der Waals surface area contributed by atoms with Gasteiger partial charge in [-0.15, -0.1) is 0 Å². The largest absolute Gasteiger partial charge is 0.351 e. The van der Waals surface area contributed by atoms with Gasteiger partial charge in [0.2, 0.25) is 5.91 Å². The van der Waals surface area contributed by atoms with Gasteiger partial charge in [0.05, 0.1) is 5.92 Å². The Morgan fingerprint density at radius 1 is 1.15 bits per heavy atom. The number of rotatable bonds is 6. The van der Waals surface area contributed by atoms with Gasteiger partial charge in [-0.1, -0.05) is 60.1 Å². The fourth-order valence-electron chi connectivity index (χ4n) is 3.87. The topological polar surface area (TPSA) is 32.3 Å². The van der Waals surface area contributed by atoms with Crippen LogP contribution in [-0.2, 0) is 17.8 Å². The molecule has 0 aliphatic carbocycles. The summed E-state index contributed by atoms with van der Waals surface area (Å²) in [5.41, 5.74) is 2.11. The summed E-state index contributed by atoms with van der Waals surface area (Å²) in [5.74, 6) is 0.205. The van der Waals surface area contributed by atoms with E-state index in [1.807, 2.05) is 36.4 Å². The average molecular weight is 385 g/mol. The number of carbonyl (C=O) groups is 1. The van der Waals surface area contributed by atoms with Crippen molar-refractivity contribution < 1.29 is 4.79 Å². The minimum atomic E-state index is -0.260. The summed E-state index contributed by atoms with van der Waals surface area (Å²) in [5, 5.41) is 4.08. The van der Waals surface area contributed by atoms with Gasteiger partial charge in [0.25, 0.3) is 0 Å². The van der Waals surface area contributed by atoms with E-state index in [1.165, 1.54) is 5.56 Å². The lowest BCUT2D eigenvalue weighted by atomic mass is 9.91. The SMILES string of the molecule is CC(C)(Cc1ccccc1)NC(=O)C1CCCN(Cc2ccccc2Cl)C1. The van der Waals surface area contributed by atoms with E-state index in [9.17, 15) is 4.79 Å². The van der Waals surface area contributed by atoms with Crippen LogP contribution in [0.2, 0.25) is 5.02 Å². The molecule has 4 heteroatoms. The van der Waals surface area contributed by atoms with Crippen LogP contribution in [0.1, 0.15) is 37.8 Å². The number of hydrogen-bond acceptors (Lipinski definition) is 2. The van der Waals surface area contributed by atoms with Crippen LogP contribution >= 0.6 is 11.6 Å². The predicted molar refractivity (Wildman–Crippen MR) is 112 cm³/mol. The molecule has 0 aromatic heterocycles. The molecule has 1 fully saturated rings. The van der Waals surface area contributed by atoms with E-state index in [1.54, 1.807) is 0 Å². The number of amides is 1. The van der Waals surface area contributed by atoms with E-state index in [0.29, 0.717) is 0 Å². The highest BCUT2D eigenvalue weighted by atomic mass is 35.5. The van der Waals surface area contributed by atoms with Gasteiger partial charge in [-0.25, -0.2) is 0 Å². The molecular formula is C23H29ClN2O. The van der Waals surface area contributed by atoms with Gasteiger partial charge in [0.15, 0.2) is 0 Å². The molecule has 1 saturated heterocycles. The van der Waals surface area contributed by atoms with E-state index in [-0.39, 0.29) is 17.4 Å². The summed E-state index contributed by atoms with van der Waals surface area (Å²) in [6.45, 7) is 6.81. The van der Waals surface area contributed by atoms with Gasteiger partial charge in [0.1, 0.15) is 0 Å². The second-order valence-electron chi connectivity index (χ2n) is 8.20. The van der Waals surface area contributed by atoms with Gasteiger partial charge in [-0.05, 0) is 56.8 Å². The first kappa shape index (κ1) is 19.9. The third-order valence-electron chi connectivity index (χ3n) is 5.18. The van der Waals surface area contributed by atoms with Crippen molar-refractivity contribution in [2.75, 3.05) is 13.1 Å². The fourth-order valence-corrected chi connectivity index (χ4v) is 4.06. The maximum Gasteiger partial charge on any atom is 0.224 e. The Morgan fingerprint density at radius 3 is 2.59 bits per heavy atom. The van der Waals surface area contributed by atoms with E-state index >= 15 is 0 Å². The van der Waals surface area contributed by atoms with Gasteiger partial charge >= 0.3 is 0 Å². The summed E-state index contributed by atoms with van der Waals surface area (Å²) in [4.78, 5) is 15.3. The van der Waals surface area contributed by atoms with Crippen LogP contribution in [-0.4, -0.2) is 29.4 Å². The molecule has 2 aromatic rings. The van der Waals surface area contributed by atoms with Crippen LogP contribution in [0.4, 0.5) is 0 Å². The van der Waals surface area contributed by atoms with Gasteiger partial charge < -0.3 is 5.32 Å². The third kappa shape index (κ3) is 5.82. The lowest BCUT2D eigenvalue weighted by Crippen LogP contribution is -2.50. The molecule has 1 amide bonds. The number of halogens is 1. The zero-order chi connectivity index (χ0) is 19.3. The molecule has 27 heavy (non-hydrogen) atoms. The molecule has 1 unspecified atom stereocenters. The Bertz CT molecular complexity index is 760. The fraction of sp³-hybridized carbons (Fsp3) is 0.435. The first-order chi connectivity index (χ1) is 12.9. The molecule has 1 aliphatic heterocycles. The molecular weight excluding hydrogens is 356 g/mol. The molecule has 144 valence electrons. The first-order valence-corrected chi connectivity index (χ1v) is 10.1. The van der Waals surface area contributed by atoms with Crippen molar-refractivity contribution in [3.05, 3.63) is 70.7 Å². The lowest BCUT2D eigenvalue weighted by molar-refractivity contribution is -0.128. The van der Waals surface area contributed by atoms with Gasteiger partial charge in [0, 0.05) is 23.7 Å². The summed E-state index contributed by atoms with van der Waals surface area (Å²) in [6.07, 6.45) is 2.82. The number of likely N-dealkylation sites (tertiary alicyclic amines) is 1. The molecule has 1 N–H and O–H groups in total. The quantitative estimate of drug-likeness (QED) is 0.783. The van der Waals surface area contributed by atoms with Crippen LogP contribution in [0.25, 0.3) is 0 Å². The highest BCUT2D eigenvalue weighted by Gasteiger charge is 2.30. The lowest BCUT2D eigenvalue weighted by Gasteiger charge is -2.35. The molecule has 0 radical (unpaired) electrons. The highest BCUT2D eigenvalue weighted by molar-refractivity contribution is 6.31. The number of carbonyl (C=O) groups excluding carboxylic acids is 1. The van der Waals surface area contributed by atoms with E-state index in [4.69, 9.17) is 11.6 Å². The Kier molecular flexibility index (Phi) is 6.56. The zero-order valence-corrected chi connectivity index (χ0v) is 17.0. The Morgan fingerprint density at radius 2 is 1.85 bits per heavy atom. The minimum absolute atomic E-state index is 0.0382. The number of hydrogen-bond donors (Lipinski definition) is 1. The Hall–Kier alpha value is -1.84. The van der Waals surface area contributed by atoms with Gasteiger partial charge in [-0.3, -0.25) is 9.69 Å². The number of nitrogens with zero attached hydrogens (tertiary/aromatic N) is 1. The Balaban J connectivity index is 1.57. The van der Waals surface area contributed by atoms with E-state index in [2.05, 4.69) is 42.3 Å². The van der Waals surface area contributed by atoms with Gasteiger partial charge in [-0.2, -0.15) is 0 Å². The predicted octanol–water partition coefficient (Wildman–Crippen LogP) is 4.69. The van der Waals surface area contributed by atoms with Crippen molar-refractivity contribution >= 4 is 17.5 Å². The second kappa shape index (κ2) is 8.90. The average Bonchev–Trinajstić information content (AvgIpc) is 2.64. The molecule has 0 spiro atoms. The zero-order valence-electron chi connectivity index (χ0n) is 16.2. The van der Waals surface area contributed by atoms with Crippen LogP contribution in [0.5, 0.6) is 0 Å². The molecule has 3 rings (SSSR count). The van der Waals surface area contributed by atoms with Crippen molar-refractivity contribution in [1.82, 2.24) is 10.2 Å². The van der Waals surface area contributed by atoms with Crippen molar-refractivity contribution in [3.63, 3.8) is 0 Å². The molecule has 1 aliphatic rings. The van der Waals surface area contributed by atoms with E-state index < -0.39 is 0 Å². The summed E-state index contributed by atoms with van der Waals surface area (Å²) in [7, 11) is 0. The standard InChI is InChI=1S/C23H29ClN2O/c1-23(2,15-18-9-4-3-5-10-18)25-22(27)20-12-8-14-26(17-20)16-19-11-6-7-13-21(19)24/h3-7,9-11,13,20H,8,12,14-17H2,1-2H3,(H,25,27). The molecule has 3 nitrogen and oxygen atoms in total. The van der Waals surface area contributed by atoms with Crippen LogP contribution < -0.4 is 5.32 Å². The normalized spacial score (nSPS) is 18.3. The third-order valence-corrected chi connectivity index (χ3v) is 5.55. The van der Waals surface area contributed by atoms with Crippen molar-refractivity contribution in [1.29, 1.82) is 0 Å². The highest BCUT2D eigenvalue weighted by Crippen LogP contribution is 2.23. The number of benzene rings is 2. The molecule has 0 bridgehead atoms. The van der Waals surface area contributed by atoms with Crippen LogP contribution in [0, 0.1) is 5.92 Å². The molecule has 1 heterocycles. The monoisotopic (exact) mass is 384 g/mol. The maximum atomic E-state index is 12.9.